The predicted octanol–water partition coefficient (Wildman–Crippen LogP) is 4.52. The van der Waals surface area contributed by atoms with Gasteiger partial charge in [-0.3, -0.25) is 4.98 Å². The van der Waals surface area contributed by atoms with E-state index in [1.54, 1.807) is 0 Å². The second-order valence-electron chi connectivity index (χ2n) is 5.14. The molecule has 0 unspecified atom stereocenters. The van der Waals surface area contributed by atoms with Gasteiger partial charge in [0.05, 0.1) is 16.7 Å². The van der Waals surface area contributed by atoms with Gasteiger partial charge >= 0.3 is 0 Å². The van der Waals surface area contributed by atoms with Crippen LogP contribution < -0.4 is 0 Å². The second kappa shape index (κ2) is 5.94. The van der Waals surface area contributed by atoms with Gasteiger partial charge in [-0.25, -0.2) is 4.98 Å². The molecule has 0 amide bonds. The molecule has 18 heavy (non-hydrogen) atoms. The normalized spacial score (nSPS) is 11.0. The summed E-state index contributed by atoms with van der Waals surface area (Å²) < 4.78 is 0. The number of aromatic nitrogens is 2. The van der Waals surface area contributed by atoms with E-state index >= 15 is 0 Å². The zero-order chi connectivity index (χ0) is 13.8. The van der Waals surface area contributed by atoms with Crippen molar-refractivity contribution in [2.75, 3.05) is 0 Å². The molecule has 0 N–H and O–H groups in total. The van der Waals surface area contributed by atoms with E-state index in [4.69, 9.17) is 0 Å². The molecule has 0 aliphatic heterocycles. The lowest BCUT2D eigenvalue weighted by Crippen LogP contribution is -2.12. The van der Waals surface area contributed by atoms with E-state index in [9.17, 15) is 0 Å². The molecule has 2 heteroatoms. The molecular formula is C16H24N2. The van der Waals surface area contributed by atoms with Gasteiger partial charge in [0.1, 0.15) is 0 Å². The van der Waals surface area contributed by atoms with E-state index in [0.717, 1.165) is 23.1 Å². The van der Waals surface area contributed by atoms with Crippen LogP contribution in [-0.2, 0) is 11.8 Å². The Morgan fingerprint density at radius 2 is 1.78 bits per heavy atom. The van der Waals surface area contributed by atoms with E-state index in [-0.39, 0.29) is 5.41 Å². The van der Waals surface area contributed by atoms with Crippen molar-refractivity contribution in [3.8, 4) is 0 Å². The fraction of sp³-hybridized carbons (Fsp3) is 0.500. The van der Waals surface area contributed by atoms with Gasteiger partial charge in [0.25, 0.3) is 0 Å². The Hall–Kier alpha value is -1.44. The highest BCUT2D eigenvalue weighted by molar-refractivity contribution is 5.78. The highest BCUT2D eigenvalue weighted by atomic mass is 14.8. The number of fused-ring (bicyclic) bond motifs is 1. The summed E-state index contributed by atoms with van der Waals surface area (Å²) in [6, 6.07) is 6.25. The quantitative estimate of drug-likeness (QED) is 0.737. The third-order valence-electron chi connectivity index (χ3n) is 2.79. The van der Waals surface area contributed by atoms with Crippen molar-refractivity contribution in [1.29, 1.82) is 0 Å². The van der Waals surface area contributed by atoms with Gasteiger partial charge in [-0.1, -0.05) is 53.7 Å². The first-order valence-corrected chi connectivity index (χ1v) is 6.77. The molecule has 1 aromatic carbocycles. The third kappa shape index (κ3) is 3.06. The minimum atomic E-state index is 0.113. The highest BCUT2D eigenvalue weighted by Crippen LogP contribution is 2.27. The average molecular weight is 244 g/mol. The van der Waals surface area contributed by atoms with E-state index in [1.165, 1.54) is 5.56 Å². The van der Waals surface area contributed by atoms with Crippen LogP contribution in [0.2, 0.25) is 0 Å². The van der Waals surface area contributed by atoms with Gasteiger partial charge in [-0.2, -0.15) is 0 Å². The molecule has 1 heterocycles. The first kappa shape index (κ1) is 14.6. The van der Waals surface area contributed by atoms with Crippen LogP contribution in [0.4, 0.5) is 0 Å². The van der Waals surface area contributed by atoms with Crippen molar-refractivity contribution in [2.45, 2.75) is 53.4 Å². The van der Waals surface area contributed by atoms with Crippen LogP contribution in [0.25, 0.3) is 11.0 Å². The van der Waals surface area contributed by atoms with Crippen LogP contribution in [0.15, 0.2) is 24.4 Å². The lowest BCUT2D eigenvalue weighted by molar-refractivity contribution is 0.594. The predicted molar refractivity (Wildman–Crippen MR) is 79.0 cm³/mol. The summed E-state index contributed by atoms with van der Waals surface area (Å²) >= 11 is 0. The number of aryl methyl sites for hydroxylation is 1. The van der Waals surface area contributed by atoms with E-state index in [1.807, 2.05) is 26.1 Å². The lowest BCUT2D eigenvalue weighted by atomic mass is 9.86. The summed E-state index contributed by atoms with van der Waals surface area (Å²) in [6.07, 6.45) is 2.82. The molecule has 0 saturated carbocycles. The van der Waals surface area contributed by atoms with Crippen LogP contribution in [0.5, 0.6) is 0 Å². The van der Waals surface area contributed by atoms with E-state index < -0.39 is 0 Å². The standard InChI is InChI=1S/C14H18N2.C2H6/c1-5-10-9-15-13-11(14(2,3)4)7-6-8-12(13)16-10;1-2/h6-9H,5H2,1-4H3;1-2H3. The molecule has 0 atom stereocenters. The maximum atomic E-state index is 4.61. The Bertz CT molecular complexity index is 510. The molecule has 0 radical (unpaired) electrons. The van der Waals surface area contributed by atoms with Gasteiger partial charge in [-0.15, -0.1) is 0 Å². The molecule has 1 aromatic heterocycles. The van der Waals surface area contributed by atoms with Gasteiger partial charge in [0, 0.05) is 6.20 Å². The Morgan fingerprint density at radius 1 is 1.11 bits per heavy atom. The average Bonchev–Trinajstić information content (AvgIpc) is 2.38. The van der Waals surface area contributed by atoms with Gasteiger partial charge in [0.2, 0.25) is 0 Å². The molecule has 0 fully saturated rings. The Kier molecular flexibility index (Phi) is 4.83. The molecule has 98 valence electrons. The maximum absolute atomic E-state index is 4.61. The van der Waals surface area contributed by atoms with Crippen molar-refractivity contribution in [3.63, 3.8) is 0 Å². The summed E-state index contributed by atoms with van der Waals surface area (Å²) in [5, 5.41) is 0. The fourth-order valence-corrected chi connectivity index (χ4v) is 1.86. The molecule has 0 aliphatic carbocycles. The van der Waals surface area contributed by atoms with Gasteiger partial charge < -0.3 is 0 Å². The number of hydrogen-bond acceptors (Lipinski definition) is 2. The summed E-state index contributed by atoms with van der Waals surface area (Å²) in [6.45, 7) is 12.7. The molecular weight excluding hydrogens is 220 g/mol. The largest absolute Gasteiger partial charge is 0.252 e. The minimum Gasteiger partial charge on any atom is -0.252 e. The molecule has 0 saturated heterocycles. The Labute approximate surface area is 110 Å². The van der Waals surface area contributed by atoms with Gasteiger partial charge in [0.15, 0.2) is 0 Å². The Balaban J connectivity index is 0.000000771. The van der Waals surface area contributed by atoms with Gasteiger partial charge in [-0.05, 0) is 23.5 Å². The molecule has 0 bridgehead atoms. The maximum Gasteiger partial charge on any atom is 0.0924 e. The summed E-state index contributed by atoms with van der Waals surface area (Å²) in [7, 11) is 0. The summed E-state index contributed by atoms with van der Waals surface area (Å²) in [4.78, 5) is 9.16. The zero-order valence-electron chi connectivity index (χ0n) is 12.4. The lowest BCUT2D eigenvalue weighted by Gasteiger charge is -2.20. The van der Waals surface area contributed by atoms with E-state index in [0.29, 0.717) is 0 Å². The van der Waals surface area contributed by atoms with Crippen LogP contribution in [0.1, 0.15) is 52.8 Å². The number of para-hydroxylation sites is 1. The van der Waals surface area contributed by atoms with Crippen molar-refractivity contribution in [1.82, 2.24) is 9.97 Å². The highest BCUT2D eigenvalue weighted by Gasteiger charge is 2.17. The molecule has 2 nitrogen and oxygen atoms in total. The van der Waals surface area contributed by atoms with Crippen LogP contribution >= 0.6 is 0 Å². The number of nitrogens with zero attached hydrogens (tertiary/aromatic N) is 2. The Morgan fingerprint density at radius 3 is 2.33 bits per heavy atom. The summed E-state index contributed by atoms with van der Waals surface area (Å²) in [5.41, 5.74) is 4.47. The fourth-order valence-electron chi connectivity index (χ4n) is 1.86. The number of hydrogen-bond donors (Lipinski definition) is 0. The smallest absolute Gasteiger partial charge is 0.0924 e. The second-order valence-corrected chi connectivity index (χ2v) is 5.14. The molecule has 0 aliphatic rings. The van der Waals surface area contributed by atoms with Crippen molar-refractivity contribution >= 4 is 11.0 Å². The minimum absolute atomic E-state index is 0.113. The van der Waals surface area contributed by atoms with E-state index in [2.05, 4.69) is 49.8 Å². The third-order valence-corrected chi connectivity index (χ3v) is 2.79. The zero-order valence-corrected chi connectivity index (χ0v) is 12.4. The first-order chi connectivity index (χ1) is 8.52. The van der Waals surface area contributed by atoms with Crippen LogP contribution in [0, 0.1) is 0 Å². The molecule has 0 spiro atoms. The van der Waals surface area contributed by atoms with Crippen LogP contribution in [0.3, 0.4) is 0 Å². The molecule has 2 rings (SSSR count). The number of benzene rings is 1. The topological polar surface area (TPSA) is 25.8 Å². The van der Waals surface area contributed by atoms with Crippen molar-refractivity contribution in [2.24, 2.45) is 0 Å². The van der Waals surface area contributed by atoms with Crippen LogP contribution in [-0.4, -0.2) is 9.97 Å². The monoisotopic (exact) mass is 244 g/mol. The molecule has 2 aromatic rings. The first-order valence-electron chi connectivity index (χ1n) is 6.77. The SMILES string of the molecule is CC.CCc1cnc2c(C(C)(C)C)cccc2n1. The van der Waals surface area contributed by atoms with Crippen molar-refractivity contribution < 1.29 is 0 Å². The number of rotatable bonds is 1. The summed E-state index contributed by atoms with van der Waals surface area (Å²) in [5.74, 6) is 0. The van der Waals surface area contributed by atoms with Crippen molar-refractivity contribution in [3.05, 3.63) is 35.7 Å².